The molecule has 0 bridgehead atoms. The molecule has 0 atom stereocenters. The van der Waals surface area contributed by atoms with Gasteiger partial charge in [0.05, 0.1) is 13.1 Å². The van der Waals surface area contributed by atoms with E-state index in [0.29, 0.717) is 17.1 Å². The summed E-state index contributed by atoms with van der Waals surface area (Å²) in [5.41, 5.74) is 0.312. The van der Waals surface area contributed by atoms with Crippen LogP contribution >= 0.6 is 0 Å². The second kappa shape index (κ2) is 5.93. The molecule has 116 valence electrons. The largest absolute Gasteiger partial charge is 0.454 e. The van der Waals surface area contributed by atoms with E-state index in [1.807, 2.05) is 0 Å². The van der Waals surface area contributed by atoms with E-state index in [0.717, 1.165) is 4.90 Å². The fourth-order valence-electron chi connectivity index (χ4n) is 2.00. The van der Waals surface area contributed by atoms with Crippen LogP contribution in [0.3, 0.4) is 0 Å². The normalized spacial score (nSPS) is 14.0. The molecule has 0 aliphatic carbocycles. The van der Waals surface area contributed by atoms with Crippen LogP contribution in [0.5, 0.6) is 11.5 Å². The number of carbonyl (C=O) groups excluding carboxylic acids is 1. The van der Waals surface area contributed by atoms with Gasteiger partial charge in [-0.05, 0) is 32.0 Å². The Morgan fingerprint density at radius 2 is 1.95 bits per heavy atom. The van der Waals surface area contributed by atoms with Crippen LogP contribution in [0.1, 0.15) is 24.2 Å². The SMILES string of the molecule is CC(C)N(CC(=O)c1ccc2c(c1)OCO2)CC(F)(F)F. The molecule has 0 fully saturated rings. The van der Waals surface area contributed by atoms with Crippen molar-refractivity contribution in [1.29, 1.82) is 0 Å². The third-order valence-electron chi connectivity index (χ3n) is 3.15. The third-order valence-corrected chi connectivity index (χ3v) is 3.15. The Morgan fingerprint density at radius 1 is 1.29 bits per heavy atom. The molecule has 0 radical (unpaired) electrons. The summed E-state index contributed by atoms with van der Waals surface area (Å²) >= 11 is 0. The summed E-state index contributed by atoms with van der Waals surface area (Å²) in [7, 11) is 0. The van der Waals surface area contributed by atoms with Crippen molar-refractivity contribution in [3.8, 4) is 11.5 Å². The minimum Gasteiger partial charge on any atom is -0.454 e. The van der Waals surface area contributed by atoms with Crippen molar-refractivity contribution in [3.05, 3.63) is 23.8 Å². The fourth-order valence-corrected chi connectivity index (χ4v) is 2.00. The van der Waals surface area contributed by atoms with E-state index in [1.54, 1.807) is 19.9 Å². The van der Waals surface area contributed by atoms with Crippen molar-refractivity contribution in [2.75, 3.05) is 19.9 Å². The van der Waals surface area contributed by atoms with Crippen molar-refractivity contribution in [2.24, 2.45) is 0 Å². The highest BCUT2D eigenvalue weighted by Gasteiger charge is 2.32. The summed E-state index contributed by atoms with van der Waals surface area (Å²) in [4.78, 5) is 13.2. The van der Waals surface area contributed by atoms with Gasteiger partial charge in [0, 0.05) is 11.6 Å². The minimum atomic E-state index is -4.33. The number of halogens is 3. The topological polar surface area (TPSA) is 38.8 Å². The first-order chi connectivity index (χ1) is 9.76. The molecular weight excluding hydrogens is 287 g/mol. The van der Waals surface area contributed by atoms with Gasteiger partial charge in [0.25, 0.3) is 0 Å². The van der Waals surface area contributed by atoms with Crippen molar-refractivity contribution in [3.63, 3.8) is 0 Å². The molecule has 0 saturated heterocycles. The molecule has 21 heavy (non-hydrogen) atoms. The van der Waals surface area contributed by atoms with E-state index in [4.69, 9.17) is 9.47 Å². The van der Waals surface area contributed by atoms with Crippen LogP contribution in [0.2, 0.25) is 0 Å². The average molecular weight is 303 g/mol. The Hall–Kier alpha value is -1.76. The molecule has 1 aliphatic rings. The number of ether oxygens (including phenoxy) is 2. The number of nitrogens with zero attached hydrogens (tertiary/aromatic N) is 1. The van der Waals surface area contributed by atoms with E-state index >= 15 is 0 Å². The summed E-state index contributed by atoms with van der Waals surface area (Å²) in [6, 6.07) is 4.22. The Morgan fingerprint density at radius 3 is 2.57 bits per heavy atom. The van der Waals surface area contributed by atoms with Crippen molar-refractivity contribution >= 4 is 5.78 Å². The van der Waals surface area contributed by atoms with Gasteiger partial charge in [-0.3, -0.25) is 9.69 Å². The maximum atomic E-state index is 12.5. The van der Waals surface area contributed by atoms with Gasteiger partial charge in [-0.25, -0.2) is 0 Å². The first kappa shape index (κ1) is 15.6. The molecule has 0 spiro atoms. The van der Waals surface area contributed by atoms with Crippen LogP contribution < -0.4 is 9.47 Å². The number of benzene rings is 1. The molecule has 1 heterocycles. The number of alkyl halides is 3. The Bertz CT molecular complexity index is 529. The highest BCUT2D eigenvalue weighted by Crippen LogP contribution is 2.32. The van der Waals surface area contributed by atoms with E-state index in [-0.39, 0.29) is 25.2 Å². The maximum Gasteiger partial charge on any atom is 0.401 e. The van der Waals surface area contributed by atoms with Crippen molar-refractivity contribution in [2.45, 2.75) is 26.1 Å². The highest BCUT2D eigenvalue weighted by molar-refractivity contribution is 5.98. The van der Waals surface area contributed by atoms with E-state index in [1.165, 1.54) is 12.1 Å². The predicted octanol–water partition coefficient (Wildman–Crippen LogP) is 2.87. The Labute approximate surface area is 120 Å². The molecule has 0 saturated carbocycles. The molecule has 1 aromatic carbocycles. The molecule has 4 nitrogen and oxygen atoms in total. The summed E-state index contributed by atoms with van der Waals surface area (Å²) in [6.07, 6.45) is -4.33. The third kappa shape index (κ3) is 4.10. The van der Waals surface area contributed by atoms with Crippen LogP contribution in [0.4, 0.5) is 13.2 Å². The summed E-state index contributed by atoms with van der Waals surface area (Å²) in [5, 5.41) is 0. The fraction of sp³-hybridized carbons (Fsp3) is 0.500. The molecule has 0 N–H and O–H groups in total. The van der Waals surface area contributed by atoms with Gasteiger partial charge in [-0.2, -0.15) is 13.2 Å². The van der Waals surface area contributed by atoms with Gasteiger partial charge in [0.15, 0.2) is 17.3 Å². The van der Waals surface area contributed by atoms with Gasteiger partial charge < -0.3 is 9.47 Å². The first-order valence-electron chi connectivity index (χ1n) is 6.50. The minimum absolute atomic E-state index is 0.0825. The Balaban J connectivity index is 2.08. The van der Waals surface area contributed by atoms with Gasteiger partial charge >= 0.3 is 6.18 Å². The van der Waals surface area contributed by atoms with Gasteiger partial charge in [0.1, 0.15) is 0 Å². The molecule has 2 rings (SSSR count). The lowest BCUT2D eigenvalue weighted by Gasteiger charge is -2.26. The van der Waals surface area contributed by atoms with Crippen molar-refractivity contribution < 1.29 is 27.4 Å². The maximum absolute atomic E-state index is 12.5. The first-order valence-corrected chi connectivity index (χ1v) is 6.50. The van der Waals surface area contributed by atoms with Crippen LogP contribution in [-0.4, -0.2) is 42.8 Å². The quantitative estimate of drug-likeness (QED) is 0.784. The number of carbonyl (C=O) groups is 1. The second-order valence-electron chi connectivity index (χ2n) is 5.11. The molecule has 0 aromatic heterocycles. The monoisotopic (exact) mass is 303 g/mol. The standard InChI is InChI=1S/C14H16F3NO3/c1-9(2)18(7-14(15,16)17)6-11(19)10-3-4-12-13(5-10)21-8-20-12/h3-5,9H,6-8H2,1-2H3. The second-order valence-corrected chi connectivity index (χ2v) is 5.11. The molecular formula is C14H16F3NO3. The Kier molecular flexibility index (Phi) is 4.41. The smallest absolute Gasteiger partial charge is 0.401 e. The number of rotatable bonds is 5. The van der Waals surface area contributed by atoms with Gasteiger partial charge in [-0.1, -0.05) is 0 Å². The zero-order chi connectivity index (χ0) is 15.6. The van der Waals surface area contributed by atoms with Crippen LogP contribution in [-0.2, 0) is 0 Å². The van der Waals surface area contributed by atoms with Crippen LogP contribution in [0, 0.1) is 0 Å². The number of hydrogen-bond donors (Lipinski definition) is 0. The van der Waals surface area contributed by atoms with Crippen molar-refractivity contribution in [1.82, 2.24) is 4.90 Å². The number of ketones is 1. The van der Waals surface area contributed by atoms with E-state index < -0.39 is 12.7 Å². The lowest BCUT2D eigenvalue weighted by Crippen LogP contribution is -2.42. The zero-order valence-electron chi connectivity index (χ0n) is 11.7. The predicted molar refractivity (Wildman–Crippen MR) is 69.7 cm³/mol. The molecule has 7 heteroatoms. The summed E-state index contributed by atoms with van der Waals surface area (Å²) in [5.74, 6) is 0.585. The number of fused-ring (bicyclic) bond motifs is 1. The van der Waals surface area contributed by atoms with Crippen LogP contribution in [0.25, 0.3) is 0 Å². The lowest BCUT2D eigenvalue weighted by atomic mass is 10.1. The summed E-state index contributed by atoms with van der Waals surface area (Å²) in [6.45, 7) is 1.92. The van der Waals surface area contributed by atoms with E-state index in [9.17, 15) is 18.0 Å². The van der Waals surface area contributed by atoms with Crippen LogP contribution in [0.15, 0.2) is 18.2 Å². The molecule has 0 amide bonds. The summed E-state index contributed by atoms with van der Waals surface area (Å²) < 4.78 is 47.8. The lowest BCUT2D eigenvalue weighted by molar-refractivity contribution is -0.148. The number of Topliss-reactive ketones (excluding diaryl/α,β-unsaturated/α-hetero) is 1. The van der Waals surface area contributed by atoms with Gasteiger partial charge in [0.2, 0.25) is 6.79 Å². The molecule has 1 aliphatic heterocycles. The molecule has 0 unspecified atom stereocenters. The average Bonchev–Trinajstić information content (AvgIpc) is 2.83. The van der Waals surface area contributed by atoms with Gasteiger partial charge in [-0.15, -0.1) is 0 Å². The zero-order valence-corrected chi connectivity index (χ0v) is 11.7. The van der Waals surface area contributed by atoms with E-state index in [2.05, 4.69) is 0 Å². The molecule has 1 aromatic rings. The highest BCUT2D eigenvalue weighted by atomic mass is 19.4. The number of hydrogen-bond acceptors (Lipinski definition) is 4.